The Balaban J connectivity index is 1.18. The predicted molar refractivity (Wildman–Crippen MR) is 227 cm³/mol. The molecule has 10 aromatic rings. The van der Waals surface area contributed by atoms with Crippen LogP contribution in [0.3, 0.4) is 0 Å². The van der Waals surface area contributed by atoms with Gasteiger partial charge in [0.1, 0.15) is 0 Å². The van der Waals surface area contributed by atoms with Crippen molar-refractivity contribution in [3.8, 4) is 62.1 Å². The van der Waals surface area contributed by atoms with Gasteiger partial charge < -0.3 is 0 Å². The molecule has 2 heterocycles. The summed E-state index contributed by atoms with van der Waals surface area (Å²) in [6.45, 7) is 0. The largest absolute Gasteiger partial charge is 0.278 e. The summed E-state index contributed by atoms with van der Waals surface area (Å²) in [6.07, 6.45) is 0. The Labute approximate surface area is 324 Å². The minimum absolute atomic E-state index is 0.495. The molecule has 1 spiro atoms. The van der Waals surface area contributed by atoms with E-state index in [4.69, 9.17) is 15.0 Å². The summed E-state index contributed by atoms with van der Waals surface area (Å²) in [4.78, 5) is 15.8. The zero-order valence-corrected chi connectivity index (χ0v) is 30.3. The summed E-state index contributed by atoms with van der Waals surface area (Å²) in [5.74, 6) is 1.84. The van der Waals surface area contributed by atoms with Crippen LogP contribution in [-0.4, -0.2) is 19.5 Å². The highest BCUT2D eigenvalue weighted by Crippen LogP contribution is 2.64. The lowest BCUT2D eigenvalue weighted by Crippen LogP contribution is -2.26. The molecule has 0 N–H and O–H groups in total. The molecule has 4 heteroatoms. The van der Waals surface area contributed by atoms with Gasteiger partial charge in [0.15, 0.2) is 11.6 Å². The van der Waals surface area contributed by atoms with E-state index in [1.807, 2.05) is 24.3 Å². The van der Waals surface area contributed by atoms with Crippen LogP contribution in [-0.2, 0) is 5.41 Å². The van der Waals surface area contributed by atoms with Gasteiger partial charge in [0.05, 0.1) is 16.4 Å². The fraction of sp³-hybridized carbons (Fsp3) is 0.0192. The number of para-hydroxylation sites is 1. The molecule has 8 aromatic carbocycles. The van der Waals surface area contributed by atoms with Crippen LogP contribution in [0, 0.1) is 0 Å². The van der Waals surface area contributed by atoms with Gasteiger partial charge in [-0.1, -0.05) is 176 Å². The van der Waals surface area contributed by atoms with E-state index in [9.17, 15) is 0 Å². The minimum Gasteiger partial charge on any atom is -0.278 e. The summed E-state index contributed by atoms with van der Waals surface area (Å²) < 4.78 is 2.26. The quantitative estimate of drug-likeness (QED) is 0.182. The van der Waals surface area contributed by atoms with Crippen molar-refractivity contribution in [2.24, 2.45) is 0 Å². The average molecular weight is 713 g/mol. The first-order chi connectivity index (χ1) is 27.8. The van der Waals surface area contributed by atoms with Crippen molar-refractivity contribution in [2.45, 2.75) is 5.41 Å². The zero-order valence-electron chi connectivity index (χ0n) is 30.3. The first-order valence-electron chi connectivity index (χ1n) is 19.1. The van der Waals surface area contributed by atoms with Gasteiger partial charge in [-0.3, -0.25) is 4.57 Å². The third kappa shape index (κ3) is 4.21. The van der Waals surface area contributed by atoms with Crippen LogP contribution in [0.1, 0.15) is 22.3 Å². The summed E-state index contributed by atoms with van der Waals surface area (Å²) in [5, 5.41) is 2.39. The molecule has 0 radical (unpaired) electrons. The number of aromatic nitrogens is 4. The third-order valence-electron chi connectivity index (χ3n) is 11.9. The monoisotopic (exact) mass is 712 g/mol. The molecule has 2 aliphatic carbocycles. The molecule has 56 heavy (non-hydrogen) atoms. The Bertz CT molecular complexity index is 3130. The lowest BCUT2D eigenvalue weighted by Gasteiger charge is -2.31. The van der Waals surface area contributed by atoms with Gasteiger partial charge in [0.2, 0.25) is 5.95 Å². The second kappa shape index (κ2) is 11.8. The number of hydrogen-bond donors (Lipinski definition) is 0. The van der Waals surface area contributed by atoms with Gasteiger partial charge >= 0.3 is 0 Å². The first-order valence-corrected chi connectivity index (χ1v) is 19.1. The molecular formula is C52H32N4. The Morgan fingerprint density at radius 3 is 1.55 bits per heavy atom. The lowest BCUT2D eigenvalue weighted by atomic mass is 9.69. The molecule has 0 fully saturated rings. The van der Waals surface area contributed by atoms with Crippen molar-refractivity contribution in [1.29, 1.82) is 0 Å². The van der Waals surface area contributed by atoms with E-state index in [1.165, 1.54) is 55.3 Å². The normalized spacial score (nSPS) is 13.1. The van der Waals surface area contributed by atoms with Crippen molar-refractivity contribution >= 4 is 21.8 Å². The molecule has 4 nitrogen and oxygen atoms in total. The second-order valence-corrected chi connectivity index (χ2v) is 14.7. The Hall–Kier alpha value is -7.43. The highest BCUT2D eigenvalue weighted by atomic mass is 15.2. The van der Waals surface area contributed by atoms with Gasteiger partial charge in [-0.2, -0.15) is 9.97 Å². The van der Waals surface area contributed by atoms with Crippen molar-refractivity contribution in [3.63, 3.8) is 0 Å². The molecule has 0 atom stereocenters. The van der Waals surface area contributed by atoms with Gasteiger partial charge in [-0.25, -0.2) is 4.98 Å². The second-order valence-electron chi connectivity index (χ2n) is 14.7. The van der Waals surface area contributed by atoms with Crippen LogP contribution < -0.4 is 0 Å². The van der Waals surface area contributed by atoms with Crippen LogP contribution in [0.4, 0.5) is 0 Å². The zero-order chi connectivity index (χ0) is 36.8. The summed E-state index contributed by atoms with van der Waals surface area (Å²) >= 11 is 0. The van der Waals surface area contributed by atoms with Crippen molar-refractivity contribution in [1.82, 2.24) is 19.5 Å². The fourth-order valence-electron chi connectivity index (χ4n) is 9.64. The lowest BCUT2D eigenvalue weighted by molar-refractivity contribution is 0.801. The van der Waals surface area contributed by atoms with Crippen LogP contribution in [0.15, 0.2) is 194 Å². The number of rotatable bonds is 4. The van der Waals surface area contributed by atoms with Gasteiger partial charge in [-0.15, -0.1) is 0 Å². The van der Waals surface area contributed by atoms with Gasteiger partial charge in [0.25, 0.3) is 0 Å². The van der Waals surface area contributed by atoms with Gasteiger partial charge in [-0.05, 0) is 73.8 Å². The molecule has 0 unspecified atom stereocenters. The highest BCUT2D eigenvalue weighted by molar-refractivity contribution is 6.16. The van der Waals surface area contributed by atoms with E-state index in [0.29, 0.717) is 17.6 Å². The SMILES string of the molecule is c1ccc(-c2cccc(-c3nc(-c4ccccc4)nc(-n4c5ccccc5c5c6c(ccc54)-c4ccccc4C64c5ccccc5-c5ccccc54)n3)c2)cc1. The molecule has 0 aliphatic heterocycles. The Kier molecular flexibility index (Phi) is 6.52. The number of nitrogens with zero attached hydrogens (tertiary/aromatic N) is 4. The molecule has 0 saturated carbocycles. The van der Waals surface area contributed by atoms with Crippen molar-refractivity contribution in [3.05, 3.63) is 216 Å². The molecule has 2 aromatic heterocycles. The van der Waals surface area contributed by atoms with Crippen molar-refractivity contribution in [2.75, 3.05) is 0 Å². The average Bonchev–Trinajstić information content (AvgIpc) is 3.89. The van der Waals surface area contributed by atoms with Crippen LogP contribution in [0.5, 0.6) is 0 Å². The smallest absolute Gasteiger partial charge is 0.238 e. The highest BCUT2D eigenvalue weighted by Gasteiger charge is 2.52. The molecule has 0 saturated heterocycles. The van der Waals surface area contributed by atoms with E-state index < -0.39 is 5.41 Å². The standard InChI is InChI=1S/C52H32N4/c1-3-16-33(17-4-1)35-20-15-21-36(32-35)50-53-49(34-18-5-2-6-19-34)54-51(55-50)56-45-29-14-10-25-41(45)47-46(56)31-30-40-39-24-9-13-28-44(39)52(48(40)47)42-26-11-7-22-37(42)38-23-8-12-27-43(38)52/h1-32H. The summed E-state index contributed by atoms with van der Waals surface area (Å²) in [7, 11) is 0. The molecular weight excluding hydrogens is 681 g/mol. The van der Waals surface area contributed by atoms with Crippen LogP contribution in [0.2, 0.25) is 0 Å². The van der Waals surface area contributed by atoms with Crippen LogP contribution >= 0.6 is 0 Å². The van der Waals surface area contributed by atoms with E-state index >= 15 is 0 Å². The van der Waals surface area contributed by atoms with Crippen molar-refractivity contribution < 1.29 is 0 Å². The molecule has 0 bridgehead atoms. The maximum Gasteiger partial charge on any atom is 0.238 e. The third-order valence-corrected chi connectivity index (χ3v) is 11.9. The van der Waals surface area contributed by atoms with E-state index in [0.717, 1.165) is 33.3 Å². The summed E-state index contributed by atoms with van der Waals surface area (Å²) in [5.41, 5.74) is 16.2. The molecule has 260 valence electrons. The number of benzene rings is 8. The Morgan fingerprint density at radius 1 is 0.357 bits per heavy atom. The van der Waals surface area contributed by atoms with E-state index in [-0.39, 0.29) is 0 Å². The first kappa shape index (κ1) is 31.0. The number of hydrogen-bond acceptors (Lipinski definition) is 3. The predicted octanol–water partition coefficient (Wildman–Crippen LogP) is 12.3. The van der Waals surface area contributed by atoms with E-state index in [1.54, 1.807) is 0 Å². The minimum atomic E-state index is -0.495. The topological polar surface area (TPSA) is 43.6 Å². The number of fused-ring (bicyclic) bond motifs is 14. The van der Waals surface area contributed by atoms with Gasteiger partial charge in [0, 0.05) is 21.9 Å². The maximum absolute atomic E-state index is 5.34. The fourth-order valence-corrected chi connectivity index (χ4v) is 9.64. The summed E-state index contributed by atoms with van der Waals surface area (Å²) in [6, 6.07) is 69.5. The molecule has 0 amide bonds. The Morgan fingerprint density at radius 2 is 0.875 bits per heavy atom. The molecule has 12 rings (SSSR count). The maximum atomic E-state index is 5.34. The van der Waals surface area contributed by atoms with E-state index in [2.05, 4.69) is 174 Å². The molecule has 2 aliphatic rings. The van der Waals surface area contributed by atoms with Crippen LogP contribution in [0.25, 0.3) is 83.9 Å².